The largest absolute Gasteiger partial charge is 0.353 e. The third-order valence-corrected chi connectivity index (χ3v) is 2.47. The zero-order chi connectivity index (χ0) is 14.0. The molecule has 0 radical (unpaired) electrons. The standard InChI is InChI=1S/C12H26N4O2/c1-10(2)14-12(18)9-16(3)8-6-4-5-7-11(17)15-13/h10H,4-9,13H2,1-3H3,(H,14,18)(H,15,17). The van der Waals surface area contributed by atoms with Crippen LogP contribution in [0.1, 0.15) is 39.5 Å². The molecule has 0 aromatic carbocycles. The van der Waals surface area contributed by atoms with Gasteiger partial charge in [-0.3, -0.25) is 19.9 Å². The van der Waals surface area contributed by atoms with Gasteiger partial charge in [0, 0.05) is 12.5 Å². The van der Waals surface area contributed by atoms with Gasteiger partial charge in [0.1, 0.15) is 0 Å². The van der Waals surface area contributed by atoms with E-state index < -0.39 is 0 Å². The van der Waals surface area contributed by atoms with Crippen molar-refractivity contribution < 1.29 is 9.59 Å². The summed E-state index contributed by atoms with van der Waals surface area (Å²) >= 11 is 0. The van der Waals surface area contributed by atoms with E-state index in [1.165, 1.54) is 0 Å². The van der Waals surface area contributed by atoms with E-state index in [0.717, 1.165) is 25.8 Å². The van der Waals surface area contributed by atoms with Gasteiger partial charge in [-0.25, -0.2) is 5.84 Å². The lowest BCUT2D eigenvalue weighted by molar-refractivity contribution is -0.122. The summed E-state index contributed by atoms with van der Waals surface area (Å²) in [4.78, 5) is 24.3. The van der Waals surface area contributed by atoms with Crippen LogP contribution in [0.4, 0.5) is 0 Å². The van der Waals surface area contributed by atoms with Crippen molar-refractivity contribution in [3.63, 3.8) is 0 Å². The summed E-state index contributed by atoms with van der Waals surface area (Å²) < 4.78 is 0. The minimum atomic E-state index is -0.125. The van der Waals surface area contributed by atoms with Crippen molar-refractivity contribution >= 4 is 11.8 Å². The fourth-order valence-corrected chi connectivity index (χ4v) is 1.61. The average Bonchev–Trinajstić information content (AvgIpc) is 2.26. The van der Waals surface area contributed by atoms with E-state index in [9.17, 15) is 9.59 Å². The fraction of sp³-hybridized carbons (Fsp3) is 0.833. The number of rotatable bonds is 9. The molecule has 0 aliphatic heterocycles. The summed E-state index contributed by atoms with van der Waals surface area (Å²) in [5.41, 5.74) is 2.11. The number of amides is 2. The summed E-state index contributed by atoms with van der Waals surface area (Å²) in [5, 5.41) is 2.85. The first-order valence-corrected chi connectivity index (χ1v) is 6.43. The molecule has 0 aliphatic rings. The average molecular weight is 258 g/mol. The summed E-state index contributed by atoms with van der Waals surface area (Å²) in [6.45, 7) is 5.16. The van der Waals surface area contributed by atoms with E-state index in [0.29, 0.717) is 13.0 Å². The molecule has 6 heteroatoms. The maximum Gasteiger partial charge on any atom is 0.234 e. The molecule has 0 atom stereocenters. The number of carbonyl (C=O) groups excluding carboxylic acids is 2. The van der Waals surface area contributed by atoms with E-state index in [2.05, 4.69) is 10.7 Å². The number of likely N-dealkylation sites (N-methyl/N-ethyl adjacent to an activating group) is 1. The Hall–Kier alpha value is -1.14. The molecule has 0 saturated carbocycles. The predicted molar refractivity (Wildman–Crippen MR) is 71.6 cm³/mol. The smallest absolute Gasteiger partial charge is 0.234 e. The monoisotopic (exact) mass is 258 g/mol. The molecule has 18 heavy (non-hydrogen) atoms. The van der Waals surface area contributed by atoms with Crippen LogP contribution in [0.15, 0.2) is 0 Å². The lowest BCUT2D eigenvalue weighted by atomic mass is 10.2. The van der Waals surface area contributed by atoms with Crippen molar-refractivity contribution in [2.75, 3.05) is 20.1 Å². The van der Waals surface area contributed by atoms with Gasteiger partial charge < -0.3 is 5.32 Å². The van der Waals surface area contributed by atoms with Gasteiger partial charge in [-0.1, -0.05) is 6.42 Å². The highest BCUT2D eigenvalue weighted by Gasteiger charge is 2.07. The number of nitrogens with one attached hydrogen (secondary N) is 2. The molecule has 0 spiro atoms. The SMILES string of the molecule is CC(C)NC(=O)CN(C)CCCCCC(=O)NN. The van der Waals surface area contributed by atoms with E-state index in [1.807, 2.05) is 25.8 Å². The Bertz CT molecular complexity index is 256. The van der Waals surface area contributed by atoms with Crippen LogP contribution < -0.4 is 16.6 Å². The summed E-state index contributed by atoms with van der Waals surface area (Å²) in [6, 6.07) is 0.181. The Morgan fingerprint density at radius 3 is 2.39 bits per heavy atom. The maximum absolute atomic E-state index is 11.5. The van der Waals surface area contributed by atoms with Crippen molar-refractivity contribution in [3.05, 3.63) is 0 Å². The Morgan fingerprint density at radius 1 is 1.17 bits per heavy atom. The van der Waals surface area contributed by atoms with Crippen LogP contribution in [-0.2, 0) is 9.59 Å². The first-order valence-electron chi connectivity index (χ1n) is 6.43. The highest BCUT2D eigenvalue weighted by molar-refractivity contribution is 5.78. The third-order valence-electron chi connectivity index (χ3n) is 2.47. The summed E-state index contributed by atoms with van der Waals surface area (Å²) in [7, 11) is 1.92. The lowest BCUT2D eigenvalue weighted by Crippen LogP contribution is -2.38. The molecular weight excluding hydrogens is 232 g/mol. The second kappa shape index (κ2) is 9.85. The normalized spacial score (nSPS) is 10.8. The van der Waals surface area contributed by atoms with Crippen LogP contribution in [0.3, 0.4) is 0 Å². The molecule has 0 rings (SSSR count). The van der Waals surface area contributed by atoms with Crippen LogP contribution in [0.2, 0.25) is 0 Å². The molecule has 0 heterocycles. The number of hydrogen-bond acceptors (Lipinski definition) is 4. The minimum absolute atomic E-state index is 0.0509. The molecule has 106 valence electrons. The number of nitrogens with two attached hydrogens (primary N) is 1. The van der Waals surface area contributed by atoms with Crippen LogP contribution in [0.25, 0.3) is 0 Å². The van der Waals surface area contributed by atoms with Gasteiger partial charge in [0.05, 0.1) is 6.54 Å². The number of unbranched alkanes of at least 4 members (excludes halogenated alkanes) is 2. The van der Waals surface area contributed by atoms with Gasteiger partial charge in [-0.2, -0.15) is 0 Å². The molecule has 0 aromatic heterocycles. The molecule has 0 aliphatic carbocycles. The maximum atomic E-state index is 11.5. The van der Waals surface area contributed by atoms with Crippen molar-refractivity contribution in [1.82, 2.24) is 15.6 Å². The van der Waals surface area contributed by atoms with Crippen molar-refractivity contribution in [3.8, 4) is 0 Å². The second-order valence-corrected chi connectivity index (χ2v) is 4.84. The topological polar surface area (TPSA) is 87.5 Å². The fourth-order valence-electron chi connectivity index (χ4n) is 1.61. The van der Waals surface area contributed by atoms with Crippen LogP contribution in [-0.4, -0.2) is 42.9 Å². The van der Waals surface area contributed by atoms with Crippen molar-refractivity contribution in [1.29, 1.82) is 0 Å². The molecule has 0 bridgehead atoms. The van der Waals surface area contributed by atoms with Crippen LogP contribution >= 0.6 is 0 Å². The van der Waals surface area contributed by atoms with Gasteiger partial charge >= 0.3 is 0 Å². The Balaban J connectivity index is 3.50. The second-order valence-electron chi connectivity index (χ2n) is 4.84. The lowest BCUT2D eigenvalue weighted by Gasteiger charge is -2.17. The van der Waals surface area contributed by atoms with Crippen molar-refractivity contribution in [2.24, 2.45) is 5.84 Å². The Labute approximate surface area is 109 Å². The number of hydrazine groups is 1. The number of nitrogens with zero attached hydrogens (tertiary/aromatic N) is 1. The van der Waals surface area contributed by atoms with Crippen molar-refractivity contribution in [2.45, 2.75) is 45.6 Å². The summed E-state index contributed by atoms with van der Waals surface area (Å²) in [6.07, 6.45) is 3.23. The third kappa shape index (κ3) is 10.0. The van der Waals surface area contributed by atoms with Crippen LogP contribution in [0, 0.1) is 0 Å². The van der Waals surface area contributed by atoms with Gasteiger partial charge in [0.25, 0.3) is 0 Å². The Kier molecular flexibility index (Phi) is 9.22. The molecule has 0 unspecified atom stereocenters. The zero-order valence-electron chi connectivity index (χ0n) is 11.7. The van der Waals surface area contributed by atoms with Gasteiger partial charge in [-0.05, 0) is 40.3 Å². The molecule has 2 amide bonds. The van der Waals surface area contributed by atoms with Crippen LogP contribution in [0.5, 0.6) is 0 Å². The van der Waals surface area contributed by atoms with E-state index in [4.69, 9.17) is 5.84 Å². The summed E-state index contributed by atoms with van der Waals surface area (Å²) in [5.74, 6) is 4.90. The van der Waals surface area contributed by atoms with Gasteiger partial charge in [-0.15, -0.1) is 0 Å². The van der Waals surface area contributed by atoms with Gasteiger partial charge in [0.15, 0.2) is 0 Å². The molecule has 0 saturated heterocycles. The molecule has 0 aromatic rings. The first kappa shape index (κ1) is 16.9. The van der Waals surface area contributed by atoms with Gasteiger partial charge in [0.2, 0.25) is 11.8 Å². The molecule has 6 nitrogen and oxygen atoms in total. The van der Waals surface area contributed by atoms with E-state index in [1.54, 1.807) is 0 Å². The highest BCUT2D eigenvalue weighted by atomic mass is 16.2. The molecule has 4 N–H and O–H groups in total. The minimum Gasteiger partial charge on any atom is -0.353 e. The zero-order valence-corrected chi connectivity index (χ0v) is 11.7. The molecule has 0 fully saturated rings. The Morgan fingerprint density at radius 2 is 1.83 bits per heavy atom. The highest BCUT2D eigenvalue weighted by Crippen LogP contribution is 2.00. The number of hydrogen-bond donors (Lipinski definition) is 3. The predicted octanol–water partition coefficient (Wildman–Crippen LogP) is -0.00690. The first-order chi connectivity index (χ1) is 8.45. The van der Waals surface area contributed by atoms with E-state index >= 15 is 0 Å². The molecular formula is C12H26N4O2. The van der Waals surface area contributed by atoms with E-state index in [-0.39, 0.29) is 17.9 Å². The quantitative estimate of drug-likeness (QED) is 0.235. The number of carbonyl (C=O) groups is 2.